The second kappa shape index (κ2) is 5.44. The third-order valence-electron chi connectivity index (χ3n) is 3.31. The van der Waals surface area contributed by atoms with Crippen LogP contribution in [-0.4, -0.2) is 31.2 Å². The van der Waals surface area contributed by atoms with Crippen molar-refractivity contribution in [3.63, 3.8) is 0 Å². The van der Waals surface area contributed by atoms with E-state index in [9.17, 15) is 9.90 Å². The molecule has 3 aromatic heterocycles. The fourth-order valence-electron chi connectivity index (χ4n) is 2.19. The molecule has 7 nitrogen and oxygen atoms in total. The number of pyridine rings is 2. The fraction of sp³-hybridized carbons (Fsp3) is 0.200. The van der Waals surface area contributed by atoms with Gasteiger partial charge >= 0.3 is 0 Å². The number of aromatic hydroxyl groups is 1. The molecule has 0 atom stereocenters. The molecule has 112 valence electrons. The van der Waals surface area contributed by atoms with Crippen LogP contribution in [0.15, 0.2) is 35.4 Å². The summed E-state index contributed by atoms with van der Waals surface area (Å²) < 4.78 is 1.45. The van der Waals surface area contributed by atoms with Crippen LogP contribution >= 0.6 is 0 Å². The third kappa shape index (κ3) is 2.37. The Hall–Kier alpha value is -2.96. The maximum Gasteiger partial charge on any atom is 0.264 e. The maximum absolute atomic E-state index is 12.4. The van der Waals surface area contributed by atoms with Crippen LogP contribution in [0.1, 0.15) is 6.92 Å². The first-order valence-electron chi connectivity index (χ1n) is 6.86. The molecule has 0 fully saturated rings. The van der Waals surface area contributed by atoms with Gasteiger partial charge in [-0.05, 0) is 25.1 Å². The lowest BCUT2D eigenvalue weighted by molar-refractivity contribution is 0.474. The molecule has 0 aliphatic heterocycles. The Morgan fingerprint density at radius 2 is 2.09 bits per heavy atom. The van der Waals surface area contributed by atoms with E-state index in [4.69, 9.17) is 0 Å². The van der Waals surface area contributed by atoms with E-state index in [0.717, 1.165) is 0 Å². The van der Waals surface area contributed by atoms with E-state index < -0.39 is 0 Å². The number of rotatable bonds is 3. The average Bonchev–Trinajstić information content (AvgIpc) is 2.52. The number of nitrogens with one attached hydrogen (secondary N) is 1. The standard InChI is InChI=1S/C15H15N5O2/c1-3-16-15-18-8-11(14(22)20(15)2)12-5-4-9-6-10(21)7-17-13(9)19-12/h4-8,21H,3H2,1-2H3,(H,16,18). The lowest BCUT2D eigenvalue weighted by atomic mass is 10.2. The van der Waals surface area contributed by atoms with E-state index in [1.807, 2.05) is 6.92 Å². The van der Waals surface area contributed by atoms with E-state index in [0.29, 0.717) is 34.8 Å². The quantitative estimate of drug-likeness (QED) is 0.761. The lowest BCUT2D eigenvalue weighted by Crippen LogP contribution is -2.23. The van der Waals surface area contributed by atoms with Crippen molar-refractivity contribution in [1.29, 1.82) is 0 Å². The summed E-state index contributed by atoms with van der Waals surface area (Å²) in [7, 11) is 1.66. The SMILES string of the molecule is CCNc1ncc(-c2ccc3cc(O)cnc3n2)c(=O)n1C. The van der Waals surface area contributed by atoms with Crippen LogP contribution in [0.4, 0.5) is 5.95 Å². The highest BCUT2D eigenvalue weighted by molar-refractivity contribution is 5.79. The molecule has 0 aromatic carbocycles. The van der Waals surface area contributed by atoms with Crippen LogP contribution in [0.3, 0.4) is 0 Å². The van der Waals surface area contributed by atoms with Crippen molar-refractivity contribution < 1.29 is 5.11 Å². The van der Waals surface area contributed by atoms with E-state index >= 15 is 0 Å². The zero-order valence-electron chi connectivity index (χ0n) is 12.2. The summed E-state index contributed by atoms with van der Waals surface area (Å²) in [5, 5.41) is 13.1. The topological polar surface area (TPSA) is 92.9 Å². The molecule has 0 aliphatic carbocycles. The average molecular weight is 297 g/mol. The number of anilines is 1. The van der Waals surface area contributed by atoms with Crippen LogP contribution in [0.2, 0.25) is 0 Å². The van der Waals surface area contributed by atoms with Gasteiger partial charge < -0.3 is 10.4 Å². The Morgan fingerprint density at radius 1 is 1.27 bits per heavy atom. The number of hydrogen-bond donors (Lipinski definition) is 2. The molecular weight excluding hydrogens is 282 g/mol. The van der Waals surface area contributed by atoms with Gasteiger partial charge in [0, 0.05) is 25.2 Å². The highest BCUT2D eigenvalue weighted by Crippen LogP contribution is 2.20. The molecule has 3 aromatic rings. The van der Waals surface area contributed by atoms with E-state index in [1.165, 1.54) is 17.0 Å². The fourth-order valence-corrected chi connectivity index (χ4v) is 2.19. The highest BCUT2D eigenvalue weighted by Gasteiger charge is 2.11. The summed E-state index contributed by atoms with van der Waals surface area (Å²) >= 11 is 0. The molecule has 0 saturated heterocycles. The predicted octanol–water partition coefficient (Wildman–Crippen LogP) is 1.53. The van der Waals surface area contributed by atoms with Gasteiger partial charge in [-0.1, -0.05) is 0 Å². The van der Waals surface area contributed by atoms with Crippen LogP contribution in [-0.2, 0) is 7.05 Å². The van der Waals surface area contributed by atoms with Gasteiger partial charge in [-0.3, -0.25) is 9.36 Å². The highest BCUT2D eigenvalue weighted by atomic mass is 16.3. The van der Waals surface area contributed by atoms with Gasteiger partial charge in [0.2, 0.25) is 5.95 Å². The van der Waals surface area contributed by atoms with Crippen molar-refractivity contribution >= 4 is 17.0 Å². The van der Waals surface area contributed by atoms with Crippen LogP contribution < -0.4 is 10.9 Å². The third-order valence-corrected chi connectivity index (χ3v) is 3.31. The molecule has 22 heavy (non-hydrogen) atoms. The Morgan fingerprint density at radius 3 is 2.86 bits per heavy atom. The molecular formula is C15H15N5O2. The smallest absolute Gasteiger partial charge is 0.264 e. The molecule has 0 spiro atoms. The monoisotopic (exact) mass is 297 g/mol. The molecule has 7 heteroatoms. The summed E-state index contributed by atoms with van der Waals surface area (Å²) in [5.41, 5.74) is 1.19. The van der Waals surface area contributed by atoms with E-state index in [2.05, 4.69) is 20.3 Å². The van der Waals surface area contributed by atoms with Crippen molar-refractivity contribution in [2.45, 2.75) is 6.92 Å². The normalized spacial score (nSPS) is 10.8. The second-order valence-corrected chi connectivity index (χ2v) is 4.83. The Bertz CT molecular complexity index is 904. The largest absolute Gasteiger partial charge is 0.506 e. The van der Waals surface area contributed by atoms with Crippen molar-refractivity contribution in [1.82, 2.24) is 19.5 Å². The minimum Gasteiger partial charge on any atom is -0.506 e. The molecule has 3 rings (SSSR count). The van der Waals surface area contributed by atoms with Gasteiger partial charge in [0.05, 0.1) is 17.5 Å². The minimum atomic E-state index is -0.184. The molecule has 0 bridgehead atoms. The first-order valence-corrected chi connectivity index (χ1v) is 6.86. The zero-order valence-corrected chi connectivity index (χ0v) is 12.2. The van der Waals surface area contributed by atoms with Gasteiger partial charge in [0.25, 0.3) is 5.56 Å². The molecule has 0 unspecified atom stereocenters. The van der Waals surface area contributed by atoms with Gasteiger partial charge in [0.1, 0.15) is 5.75 Å². The van der Waals surface area contributed by atoms with E-state index in [-0.39, 0.29) is 11.3 Å². The van der Waals surface area contributed by atoms with Crippen molar-refractivity contribution in [3.8, 4) is 17.0 Å². The van der Waals surface area contributed by atoms with Gasteiger partial charge in [-0.25, -0.2) is 15.0 Å². The summed E-state index contributed by atoms with van der Waals surface area (Å²) in [6.07, 6.45) is 2.83. The Labute approximate surface area is 126 Å². The Kier molecular flexibility index (Phi) is 3.46. The van der Waals surface area contributed by atoms with Crippen molar-refractivity contribution in [2.75, 3.05) is 11.9 Å². The van der Waals surface area contributed by atoms with Gasteiger partial charge in [-0.15, -0.1) is 0 Å². The number of aromatic nitrogens is 4. The first-order chi connectivity index (χ1) is 10.6. The lowest BCUT2D eigenvalue weighted by Gasteiger charge is -2.09. The predicted molar refractivity (Wildman–Crippen MR) is 83.8 cm³/mol. The molecule has 3 heterocycles. The van der Waals surface area contributed by atoms with Crippen molar-refractivity contribution in [2.24, 2.45) is 7.05 Å². The van der Waals surface area contributed by atoms with Crippen molar-refractivity contribution in [3.05, 3.63) is 40.9 Å². The summed E-state index contributed by atoms with van der Waals surface area (Å²) in [6.45, 7) is 2.62. The summed E-state index contributed by atoms with van der Waals surface area (Å²) in [5.74, 6) is 0.592. The van der Waals surface area contributed by atoms with Crippen LogP contribution in [0, 0.1) is 0 Å². The molecule has 2 N–H and O–H groups in total. The molecule has 0 aliphatic rings. The number of hydrogen-bond acceptors (Lipinski definition) is 6. The Balaban J connectivity index is 2.13. The molecule has 0 saturated carbocycles. The van der Waals surface area contributed by atoms with E-state index in [1.54, 1.807) is 25.2 Å². The van der Waals surface area contributed by atoms with Gasteiger partial charge in [0.15, 0.2) is 5.65 Å². The zero-order chi connectivity index (χ0) is 15.7. The molecule has 0 radical (unpaired) electrons. The summed E-state index contributed by atoms with van der Waals surface area (Å²) in [4.78, 5) is 25.1. The van der Waals surface area contributed by atoms with Crippen LogP contribution in [0.25, 0.3) is 22.3 Å². The minimum absolute atomic E-state index is 0.0784. The molecule has 0 amide bonds. The van der Waals surface area contributed by atoms with Gasteiger partial charge in [-0.2, -0.15) is 0 Å². The second-order valence-electron chi connectivity index (χ2n) is 4.83. The number of fused-ring (bicyclic) bond motifs is 1. The number of nitrogens with zero attached hydrogens (tertiary/aromatic N) is 4. The summed E-state index contributed by atoms with van der Waals surface area (Å²) in [6, 6.07) is 5.06. The van der Waals surface area contributed by atoms with Crippen LogP contribution in [0.5, 0.6) is 5.75 Å². The first kappa shape index (κ1) is 14.0. The maximum atomic E-state index is 12.4.